The predicted octanol–water partition coefficient (Wildman–Crippen LogP) is 2.77. The summed E-state index contributed by atoms with van der Waals surface area (Å²) in [6, 6.07) is 4.04. The largest absolute Gasteiger partial charge is 0.309 e. The summed E-state index contributed by atoms with van der Waals surface area (Å²) in [6.07, 6.45) is 2.12. The molecule has 108 valence electrons. The number of rotatable bonds is 9. The maximum absolute atomic E-state index is 12.2. The number of aryl methyl sites for hydroxylation is 1. The third kappa shape index (κ3) is 5.85. The smallest absolute Gasteiger partial charge is 0.186 e. The monoisotopic (exact) mass is 282 g/mol. The van der Waals surface area contributed by atoms with Gasteiger partial charge >= 0.3 is 0 Å². The van der Waals surface area contributed by atoms with E-state index < -0.39 is 0 Å². The molecule has 0 atom stereocenters. The van der Waals surface area contributed by atoms with Gasteiger partial charge in [0.2, 0.25) is 0 Å². The molecule has 1 heterocycles. The summed E-state index contributed by atoms with van der Waals surface area (Å²) in [6.45, 7) is 7.80. The van der Waals surface area contributed by atoms with E-state index in [2.05, 4.69) is 43.8 Å². The summed E-state index contributed by atoms with van der Waals surface area (Å²) in [4.78, 5) is 18.8. The molecule has 0 aliphatic carbocycles. The lowest BCUT2D eigenvalue weighted by atomic mass is 10.2. The number of nitrogens with zero attached hydrogens (tertiary/aromatic N) is 2. The summed E-state index contributed by atoms with van der Waals surface area (Å²) in [5.41, 5.74) is 0. The number of thiophene rings is 1. The zero-order valence-electron chi connectivity index (χ0n) is 12.6. The van der Waals surface area contributed by atoms with Crippen LogP contribution < -0.4 is 0 Å². The molecule has 0 fully saturated rings. The van der Waals surface area contributed by atoms with Crippen LogP contribution >= 0.6 is 11.3 Å². The average molecular weight is 282 g/mol. The van der Waals surface area contributed by atoms with Gasteiger partial charge in [-0.15, -0.1) is 11.3 Å². The molecule has 0 aliphatic heterocycles. The van der Waals surface area contributed by atoms with Gasteiger partial charge in [0.25, 0.3) is 0 Å². The molecule has 19 heavy (non-hydrogen) atoms. The second kappa shape index (κ2) is 8.46. The van der Waals surface area contributed by atoms with Crippen LogP contribution in [0.1, 0.15) is 34.8 Å². The molecule has 3 nitrogen and oxygen atoms in total. The summed E-state index contributed by atoms with van der Waals surface area (Å²) in [5.74, 6) is 0.261. The molecular formula is C15H26N2OS. The Morgan fingerprint density at radius 3 is 2.47 bits per heavy atom. The Kier molecular flexibility index (Phi) is 7.28. The van der Waals surface area contributed by atoms with Gasteiger partial charge in [0, 0.05) is 4.88 Å². The molecule has 0 spiro atoms. The number of likely N-dealkylation sites (N-methyl/N-ethyl adjacent to an activating group) is 1. The van der Waals surface area contributed by atoms with E-state index in [-0.39, 0.29) is 5.78 Å². The van der Waals surface area contributed by atoms with Gasteiger partial charge in [0.1, 0.15) is 0 Å². The van der Waals surface area contributed by atoms with E-state index in [4.69, 9.17) is 0 Å². The van der Waals surface area contributed by atoms with E-state index >= 15 is 0 Å². The SMILES string of the molecule is CCc1ccc(C(=O)CN(CC)CCCN(C)C)s1. The van der Waals surface area contributed by atoms with E-state index in [0.29, 0.717) is 6.54 Å². The number of hydrogen-bond donors (Lipinski definition) is 0. The Labute approximate surface area is 121 Å². The first-order chi connectivity index (χ1) is 9.06. The molecule has 0 N–H and O–H groups in total. The van der Waals surface area contributed by atoms with Crippen LogP contribution in [0.3, 0.4) is 0 Å². The second-order valence-electron chi connectivity index (χ2n) is 5.07. The minimum Gasteiger partial charge on any atom is -0.309 e. The maximum atomic E-state index is 12.2. The van der Waals surface area contributed by atoms with Crippen LogP contribution in [0.25, 0.3) is 0 Å². The fraction of sp³-hybridized carbons (Fsp3) is 0.667. The third-order valence-electron chi connectivity index (χ3n) is 3.18. The van der Waals surface area contributed by atoms with E-state index in [1.54, 1.807) is 11.3 Å². The molecule has 1 rings (SSSR count). The van der Waals surface area contributed by atoms with Crippen molar-refractivity contribution in [2.45, 2.75) is 26.7 Å². The van der Waals surface area contributed by atoms with Gasteiger partial charge < -0.3 is 4.90 Å². The molecule has 1 aromatic heterocycles. The highest BCUT2D eigenvalue weighted by Gasteiger charge is 2.13. The standard InChI is InChI=1S/C15H26N2OS/c1-5-13-8-9-15(19-13)14(18)12-17(6-2)11-7-10-16(3)4/h8-9H,5-7,10-12H2,1-4H3. The van der Waals surface area contributed by atoms with Gasteiger partial charge in [-0.1, -0.05) is 13.8 Å². The fourth-order valence-corrected chi connectivity index (χ4v) is 2.84. The number of carbonyl (C=O) groups is 1. The van der Waals surface area contributed by atoms with E-state index in [0.717, 1.165) is 37.4 Å². The van der Waals surface area contributed by atoms with E-state index in [9.17, 15) is 4.79 Å². The molecule has 4 heteroatoms. The summed E-state index contributed by atoms with van der Waals surface area (Å²) in [7, 11) is 4.17. The van der Waals surface area contributed by atoms with Crippen molar-refractivity contribution in [3.05, 3.63) is 21.9 Å². The van der Waals surface area contributed by atoms with Crippen molar-refractivity contribution in [1.82, 2.24) is 9.80 Å². The number of Topliss-reactive ketones (excluding diaryl/α,β-unsaturated/α-hetero) is 1. The highest BCUT2D eigenvalue weighted by atomic mass is 32.1. The Balaban J connectivity index is 2.43. The molecule has 1 aromatic rings. The van der Waals surface area contributed by atoms with Crippen molar-refractivity contribution >= 4 is 17.1 Å². The normalized spacial score (nSPS) is 11.5. The molecule has 0 radical (unpaired) electrons. The van der Waals surface area contributed by atoms with Crippen LogP contribution in [0, 0.1) is 0 Å². The first kappa shape index (κ1) is 16.3. The lowest BCUT2D eigenvalue weighted by molar-refractivity contribution is 0.0936. The van der Waals surface area contributed by atoms with Gasteiger partial charge in [0.05, 0.1) is 11.4 Å². The van der Waals surface area contributed by atoms with Crippen molar-refractivity contribution in [2.24, 2.45) is 0 Å². The Bertz CT molecular complexity index is 387. The minimum absolute atomic E-state index is 0.261. The van der Waals surface area contributed by atoms with Gasteiger partial charge in [0.15, 0.2) is 5.78 Å². The van der Waals surface area contributed by atoms with Crippen LogP contribution in [0.15, 0.2) is 12.1 Å². The average Bonchev–Trinajstić information content (AvgIpc) is 2.85. The van der Waals surface area contributed by atoms with Gasteiger partial charge in [-0.3, -0.25) is 9.69 Å². The lowest BCUT2D eigenvalue weighted by Gasteiger charge is -2.20. The Hall–Kier alpha value is -0.710. The van der Waals surface area contributed by atoms with Crippen molar-refractivity contribution in [3.63, 3.8) is 0 Å². The zero-order chi connectivity index (χ0) is 14.3. The van der Waals surface area contributed by atoms with Crippen molar-refractivity contribution in [2.75, 3.05) is 40.3 Å². The fourth-order valence-electron chi connectivity index (χ4n) is 1.96. The quantitative estimate of drug-likeness (QED) is 0.651. The molecular weight excluding hydrogens is 256 g/mol. The van der Waals surface area contributed by atoms with Crippen LogP contribution in [0.5, 0.6) is 0 Å². The highest BCUT2D eigenvalue weighted by molar-refractivity contribution is 7.14. The zero-order valence-corrected chi connectivity index (χ0v) is 13.4. The summed E-state index contributed by atoms with van der Waals surface area (Å²) >= 11 is 1.64. The molecule has 0 saturated heterocycles. The molecule has 0 aliphatic rings. The van der Waals surface area contributed by atoms with Crippen LogP contribution in [-0.2, 0) is 6.42 Å². The summed E-state index contributed by atoms with van der Waals surface area (Å²) in [5, 5.41) is 0. The van der Waals surface area contributed by atoms with E-state index in [1.807, 2.05) is 6.07 Å². The van der Waals surface area contributed by atoms with Crippen LogP contribution in [0.2, 0.25) is 0 Å². The molecule has 0 amide bonds. The first-order valence-corrected chi connectivity index (χ1v) is 7.87. The third-order valence-corrected chi connectivity index (χ3v) is 4.45. The van der Waals surface area contributed by atoms with Crippen LogP contribution in [-0.4, -0.2) is 55.9 Å². The van der Waals surface area contributed by atoms with Gasteiger partial charge in [-0.05, 0) is 58.7 Å². The molecule has 0 aromatic carbocycles. The van der Waals surface area contributed by atoms with Crippen molar-refractivity contribution in [1.29, 1.82) is 0 Å². The topological polar surface area (TPSA) is 23.6 Å². The lowest BCUT2D eigenvalue weighted by Crippen LogP contribution is -2.32. The molecule has 0 saturated carbocycles. The molecule has 0 unspecified atom stereocenters. The van der Waals surface area contributed by atoms with Crippen molar-refractivity contribution < 1.29 is 4.79 Å². The number of carbonyl (C=O) groups excluding carboxylic acids is 1. The first-order valence-electron chi connectivity index (χ1n) is 7.05. The number of ketones is 1. The van der Waals surface area contributed by atoms with Crippen molar-refractivity contribution in [3.8, 4) is 0 Å². The highest BCUT2D eigenvalue weighted by Crippen LogP contribution is 2.17. The van der Waals surface area contributed by atoms with E-state index in [1.165, 1.54) is 4.88 Å². The van der Waals surface area contributed by atoms with Gasteiger partial charge in [-0.25, -0.2) is 0 Å². The Morgan fingerprint density at radius 1 is 1.21 bits per heavy atom. The molecule has 0 bridgehead atoms. The predicted molar refractivity (Wildman–Crippen MR) is 83.3 cm³/mol. The second-order valence-corrected chi connectivity index (χ2v) is 6.24. The summed E-state index contributed by atoms with van der Waals surface area (Å²) < 4.78 is 0. The minimum atomic E-state index is 0.261. The Morgan fingerprint density at radius 2 is 1.95 bits per heavy atom. The van der Waals surface area contributed by atoms with Crippen LogP contribution in [0.4, 0.5) is 0 Å². The number of hydrogen-bond acceptors (Lipinski definition) is 4. The maximum Gasteiger partial charge on any atom is 0.186 e. The van der Waals surface area contributed by atoms with Gasteiger partial charge in [-0.2, -0.15) is 0 Å².